The van der Waals surface area contributed by atoms with Crippen molar-refractivity contribution in [2.45, 2.75) is 44.6 Å². The average Bonchev–Trinajstić information content (AvgIpc) is 2.89. The second kappa shape index (κ2) is 11.7. The first-order chi connectivity index (χ1) is 16.9. The Morgan fingerprint density at radius 1 is 1.20 bits per heavy atom. The van der Waals surface area contributed by atoms with Gasteiger partial charge in [0.25, 0.3) is 0 Å². The van der Waals surface area contributed by atoms with Crippen LogP contribution in [0.5, 0.6) is 5.75 Å². The Morgan fingerprint density at radius 2 is 1.97 bits per heavy atom. The molecule has 5 nitrogen and oxygen atoms in total. The summed E-state index contributed by atoms with van der Waals surface area (Å²) in [7, 11) is 1.60. The number of ether oxygens (including phenoxy) is 1. The molecule has 35 heavy (non-hydrogen) atoms. The van der Waals surface area contributed by atoms with Crippen molar-refractivity contribution in [1.29, 1.82) is 0 Å². The van der Waals surface area contributed by atoms with Crippen molar-refractivity contribution in [2.75, 3.05) is 33.4 Å². The molecule has 7 heteroatoms. The molecule has 0 aliphatic carbocycles. The highest BCUT2D eigenvalue weighted by Crippen LogP contribution is 2.40. The maximum Gasteiger partial charge on any atom is 0.126 e. The number of fused-ring (bicyclic) bond motifs is 1. The highest BCUT2D eigenvalue weighted by Gasteiger charge is 2.34. The van der Waals surface area contributed by atoms with Crippen molar-refractivity contribution in [3.8, 4) is 5.75 Å². The fraction of sp³-hybridized carbons (Fsp3) is 0.464. The normalized spacial score (nSPS) is 16.9. The van der Waals surface area contributed by atoms with Crippen LogP contribution in [0.3, 0.4) is 0 Å². The summed E-state index contributed by atoms with van der Waals surface area (Å²) in [5.74, 6) is 0.550. The van der Waals surface area contributed by atoms with Gasteiger partial charge in [0, 0.05) is 23.8 Å². The summed E-state index contributed by atoms with van der Waals surface area (Å²) in [6.45, 7) is 2.80. The molecule has 0 bridgehead atoms. The average molecular weight is 501 g/mol. The molecule has 3 aromatic rings. The van der Waals surface area contributed by atoms with Gasteiger partial charge in [-0.1, -0.05) is 29.8 Å². The van der Waals surface area contributed by atoms with Crippen molar-refractivity contribution in [3.63, 3.8) is 0 Å². The van der Waals surface area contributed by atoms with Crippen molar-refractivity contribution in [1.82, 2.24) is 9.88 Å². The third-order valence-corrected chi connectivity index (χ3v) is 7.78. The van der Waals surface area contributed by atoms with Crippen LogP contribution in [-0.4, -0.2) is 53.4 Å². The summed E-state index contributed by atoms with van der Waals surface area (Å²) < 4.78 is 19.2. The minimum atomic E-state index is -0.762. The number of methoxy groups -OCH3 is 1. The van der Waals surface area contributed by atoms with Crippen LogP contribution >= 0.6 is 11.6 Å². The highest BCUT2D eigenvalue weighted by molar-refractivity contribution is 6.32. The number of benzene rings is 2. The Bertz CT molecular complexity index is 1130. The van der Waals surface area contributed by atoms with Gasteiger partial charge in [-0.3, -0.25) is 4.98 Å². The maximum atomic E-state index is 13.8. The van der Waals surface area contributed by atoms with Crippen LogP contribution in [0.25, 0.3) is 10.9 Å². The monoisotopic (exact) mass is 500 g/mol. The fourth-order valence-electron chi connectivity index (χ4n) is 5.15. The zero-order valence-electron chi connectivity index (χ0n) is 20.2. The molecule has 1 atom stereocenters. The molecule has 2 heterocycles. The highest BCUT2D eigenvalue weighted by atomic mass is 35.5. The summed E-state index contributed by atoms with van der Waals surface area (Å²) >= 11 is 6.46. The van der Waals surface area contributed by atoms with Gasteiger partial charge in [0.15, 0.2) is 0 Å². The van der Waals surface area contributed by atoms with Gasteiger partial charge in [0.1, 0.15) is 11.6 Å². The first-order valence-corrected chi connectivity index (χ1v) is 12.7. The summed E-state index contributed by atoms with van der Waals surface area (Å²) in [5.41, 5.74) is 1.97. The van der Waals surface area contributed by atoms with Gasteiger partial charge in [-0.2, -0.15) is 0 Å². The zero-order valence-corrected chi connectivity index (χ0v) is 21.0. The molecule has 0 spiro atoms. The van der Waals surface area contributed by atoms with Crippen LogP contribution in [0.4, 0.5) is 4.39 Å². The molecule has 1 aromatic heterocycles. The first-order valence-electron chi connectivity index (χ1n) is 12.3. The van der Waals surface area contributed by atoms with Crippen LogP contribution in [0.1, 0.15) is 49.3 Å². The van der Waals surface area contributed by atoms with E-state index in [4.69, 9.17) is 16.3 Å². The number of aryl methyl sites for hydroxylation is 1. The molecule has 0 saturated carbocycles. The molecular formula is C28H34ClFN2O3. The number of halogens is 2. The van der Waals surface area contributed by atoms with Crippen molar-refractivity contribution < 1.29 is 19.3 Å². The molecule has 0 radical (unpaired) electrons. The topological polar surface area (TPSA) is 65.8 Å². The Labute approximate surface area is 211 Å². The Kier molecular flexibility index (Phi) is 8.60. The van der Waals surface area contributed by atoms with E-state index in [-0.39, 0.29) is 17.8 Å². The van der Waals surface area contributed by atoms with Crippen LogP contribution in [0.15, 0.2) is 48.7 Å². The number of aromatic nitrogens is 1. The second-order valence-electron chi connectivity index (χ2n) is 9.65. The molecule has 2 aromatic carbocycles. The fourth-order valence-corrected chi connectivity index (χ4v) is 5.43. The SMILES string of the molecule is COc1ccc2ncc(Cl)c([C@@H](O)CCC3(CO)CCN(CCCc4ccccc4F)CC3)c2c1. The first kappa shape index (κ1) is 25.8. The third-order valence-electron chi connectivity index (χ3n) is 7.48. The van der Waals surface area contributed by atoms with E-state index in [0.29, 0.717) is 29.2 Å². The lowest BCUT2D eigenvalue weighted by atomic mass is 9.74. The number of pyridine rings is 1. The van der Waals surface area contributed by atoms with Gasteiger partial charge >= 0.3 is 0 Å². The van der Waals surface area contributed by atoms with Crippen LogP contribution < -0.4 is 4.74 Å². The van der Waals surface area contributed by atoms with E-state index in [9.17, 15) is 14.6 Å². The van der Waals surface area contributed by atoms with E-state index in [0.717, 1.165) is 61.8 Å². The van der Waals surface area contributed by atoms with E-state index in [2.05, 4.69) is 9.88 Å². The molecular weight excluding hydrogens is 467 g/mol. The van der Waals surface area contributed by atoms with Crippen LogP contribution in [0.2, 0.25) is 5.02 Å². The van der Waals surface area contributed by atoms with E-state index in [1.54, 1.807) is 19.4 Å². The summed E-state index contributed by atoms with van der Waals surface area (Å²) in [4.78, 5) is 6.76. The van der Waals surface area contributed by atoms with E-state index >= 15 is 0 Å². The summed E-state index contributed by atoms with van der Waals surface area (Å²) in [6, 6.07) is 12.5. The second-order valence-corrected chi connectivity index (χ2v) is 10.1. The molecule has 1 saturated heterocycles. The standard InChI is InChI=1S/C28H34ClFN2O3/c1-35-21-8-9-25-22(17-21)27(23(29)18-31-25)26(34)10-11-28(19-33)12-15-32(16-13-28)14-4-6-20-5-2-3-7-24(20)30/h2-3,5,7-9,17-18,26,33-34H,4,6,10-16,19H2,1H3/t26-/m0/s1. The number of aliphatic hydroxyl groups excluding tert-OH is 2. The number of hydrogen-bond donors (Lipinski definition) is 2. The zero-order chi connectivity index (χ0) is 24.8. The van der Waals surface area contributed by atoms with E-state index in [1.807, 2.05) is 30.3 Å². The lowest BCUT2D eigenvalue weighted by molar-refractivity contribution is 0.0234. The van der Waals surface area contributed by atoms with E-state index in [1.165, 1.54) is 6.07 Å². The number of piperidine rings is 1. The molecule has 1 aliphatic heterocycles. The summed E-state index contributed by atoms with van der Waals surface area (Å²) in [6.07, 6.45) is 5.40. The van der Waals surface area contributed by atoms with Gasteiger partial charge in [0.2, 0.25) is 0 Å². The van der Waals surface area contributed by atoms with Crippen LogP contribution in [-0.2, 0) is 6.42 Å². The molecule has 2 N–H and O–H groups in total. The molecule has 0 unspecified atom stereocenters. The van der Waals surface area contributed by atoms with Gasteiger partial charge in [0.05, 0.1) is 23.8 Å². The van der Waals surface area contributed by atoms with Crippen molar-refractivity contribution >= 4 is 22.5 Å². The minimum Gasteiger partial charge on any atom is -0.497 e. The molecule has 1 aliphatic rings. The molecule has 4 rings (SSSR count). The molecule has 0 amide bonds. The number of hydrogen-bond acceptors (Lipinski definition) is 5. The predicted molar refractivity (Wildman–Crippen MR) is 137 cm³/mol. The smallest absolute Gasteiger partial charge is 0.126 e. The van der Waals surface area contributed by atoms with Crippen molar-refractivity contribution in [3.05, 3.63) is 70.6 Å². The van der Waals surface area contributed by atoms with Crippen molar-refractivity contribution in [2.24, 2.45) is 5.41 Å². The lowest BCUT2D eigenvalue weighted by Crippen LogP contribution is -2.42. The Morgan fingerprint density at radius 3 is 2.69 bits per heavy atom. The largest absolute Gasteiger partial charge is 0.497 e. The van der Waals surface area contributed by atoms with Gasteiger partial charge in [-0.25, -0.2) is 4.39 Å². The minimum absolute atomic E-state index is 0.0986. The quantitative estimate of drug-likeness (QED) is 0.381. The predicted octanol–water partition coefficient (Wildman–Crippen LogP) is 5.56. The lowest BCUT2D eigenvalue weighted by Gasteiger charge is -2.41. The Hall–Kier alpha value is -2.25. The summed E-state index contributed by atoms with van der Waals surface area (Å²) in [5, 5.41) is 22.6. The maximum absolute atomic E-state index is 13.8. The number of nitrogens with zero attached hydrogens (tertiary/aromatic N) is 2. The number of likely N-dealkylation sites (tertiary alicyclic amines) is 1. The number of rotatable bonds is 10. The molecule has 1 fully saturated rings. The van der Waals surface area contributed by atoms with Gasteiger partial charge in [-0.15, -0.1) is 0 Å². The molecule has 188 valence electrons. The third kappa shape index (κ3) is 6.12. The van der Waals surface area contributed by atoms with Gasteiger partial charge in [-0.05, 0) is 93.4 Å². The van der Waals surface area contributed by atoms with Crippen LogP contribution in [0, 0.1) is 11.2 Å². The van der Waals surface area contributed by atoms with Gasteiger partial charge < -0.3 is 19.8 Å². The van der Waals surface area contributed by atoms with E-state index < -0.39 is 6.10 Å². The Balaban J connectivity index is 1.34. The number of aliphatic hydroxyl groups is 2.